The Kier molecular flexibility index (Phi) is 4.79. The largest absolute Gasteiger partial charge is 0.508 e. The normalized spacial score (nSPS) is 21.2. The molecule has 0 bridgehead atoms. The number of allylic oxidation sites excluding steroid dienone is 6. The fourth-order valence-electron chi connectivity index (χ4n) is 5.36. The Morgan fingerprint density at radius 1 is 0.914 bits per heavy atom. The van der Waals surface area contributed by atoms with Crippen LogP contribution < -0.4 is 11.4 Å². The molecule has 3 aliphatic rings. The molecule has 0 radical (unpaired) electrons. The number of hydrogen-bond acceptors (Lipinski definition) is 5. The van der Waals surface area contributed by atoms with Gasteiger partial charge in [0.2, 0.25) is 0 Å². The molecule has 1 aromatic heterocycles. The number of aromatic hydroxyl groups is 1. The number of hydrogen-bond donors (Lipinski definition) is 1. The summed E-state index contributed by atoms with van der Waals surface area (Å²) in [5.74, 6) is -1.41. The van der Waals surface area contributed by atoms with Crippen LogP contribution in [0.5, 0.6) is 5.75 Å². The van der Waals surface area contributed by atoms with Crippen LogP contribution in [0.3, 0.4) is 0 Å². The summed E-state index contributed by atoms with van der Waals surface area (Å²) < 4.78 is 3.99. The van der Waals surface area contributed by atoms with Crippen LogP contribution in [0, 0.1) is 0 Å². The van der Waals surface area contributed by atoms with Gasteiger partial charge < -0.3 is 5.11 Å². The molecule has 1 N–H and O–H groups in total. The number of nitrogens with zero attached hydrogens (tertiary/aromatic N) is 3. The van der Waals surface area contributed by atoms with Crippen molar-refractivity contribution in [2.24, 2.45) is 0 Å². The number of benzene rings is 2. The lowest BCUT2D eigenvalue weighted by Gasteiger charge is -2.39. The van der Waals surface area contributed by atoms with Gasteiger partial charge in [-0.15, -0.1) is 0 Å². The number of carbonyl (C=O) groups is 2. The van der Waals surface area contributed by atoms with E-state index < -0.39 is 23.3 Å². The van der Waals surface area contributed by atoms with Crippen molar-refractivity contribution in [1.29, 1.82) is 0 Å². The molecule has 0 spiro atoms. The molecule has 2 heterocycles. The van der Waals surface area contributed by atoms with Crippen LogP contribution in [0.1, 0.15) is 23.9 Å². The van der Waals surface area contributed by atoms with Gasteiger partial charge in [0.25, 0.3) is 0 Å². The van der Waals surface area contributed by atoms with Crippen molar-refractivity contribution in [1.82, 2.24) is 13.9 Å². The lowest BCUT2D eigenvalue weighted by molar-refractivity contribution is -0.115. The molecule has 2 atom stereocenters. The molecular formula is C26H18BrN3O5. The number of phenolic OH excluding ortho intramolecular Hbond substituents is 1. The van der Waals surface area contributed by atoms with E-state index in [9.17, 15) is 24.3 Å². The van der Waals surface area contributed by atoms with E-state index in [2.05, 4.69) is 15.9 Å². The highest BCUT2D eigenvalue weighted by Gasteiger charge is 2.45. The van der Waals surface area contributed by atoms with Crippen molar-refractivity contribution in [2.75, 3.05) is 0 Å². The molecule has 2 aliphatic carbocycles. The summed E-state index contributed by atoms with van der Waals surface area (Å²) in [6.45, 7) is 0.119. The van der Waals surface area contributed by atoms with E-state index >= 15 is 0 Å². The van der Waals surface area contributed by atoms with E-state index in [1.807, 2.05) is 6.08 Å². The average molecular weight is 532 g/mol. The van der Waals surface area contributed by atoms with Crippen LogP contribution in [0.4, 0.5) is 0 Å². The summed E-state index contributed by atoms with van der Waals surface area (Å²) >= 11 is 3.19. The first-order valence-corrected chi connectivity index (χ1v) is 11.8. The minimum absolute atomic E-state index is 0.0167. The van der Waals surface area contributed by atoms with Crippen molar-refractivity contribution >= 4 is 27.5 Å². The molecule has 0 unspecified atom stereocenters. The van der Waals surface area contributed by atoms with Gasteiger partial charge in [-0.1, -0.05) is 42.5 Å². The third-order valence-electron chi connectivity index (χ3n) is 6.86. The Morgan fingerprint density at radius 3 is 2.37 bits per heavy atom. The van der Waals surface area contributed by atoms with E-state index in [1.54, 1.807) is 48.5 Å². The van der Waals surface area contributed by atoms with Gasteiger partial charge in [0.05, 0.1) is 22.8 Å². The quantitative estimate of drug-likeness (QED) is 0.404. The molecular weight excluding hydrogens is 514 g/mol. The van der Waals surface area contributed by atoms with E-state index in [0.29, 0.717) is 22.4 Å². The smallest absolute Gasteiger partial charge is 0.352 e. The molecule has 1 aliphatic heterocycles. The monoisotopic (exact) mass is 531 g/mol. The second kappa shape index (κ2) is 7.78. The molecule has 6 rings (SSSR count). The van der Waals surface area contributed by atoms with Gasteiger partial charge >= 0.3 is 11.4 Å². The summed E-state index contributed by atoms with van der Waals surface area (Å²) in [7, 11) is 0. The molecule has 0 saturated heterocycles. The number of ketones is 2. The molecule has 174 valence electrons. The van der Waals surface area contributed by atoms with Gasteiger partial charge in [0.15, 0.2) is 11.6 Å². The van der Waals surface area contributed by atoms with Gasteiger partial charge in [-0.2, -0.15) is 0 Å². The van der Waals surface area contributed by atoms with Gasteiger partial charge in [0, 0.05) is 35.1 Å². The predicted molar refractivity (Wildman–Crippen MR) is 131 cm³/mol. The van der Waals surface area contributed by atoms with Crippen molar-refractivity contribution in [3.05, 3.63) is 114 Å². The van der Waals surface area contributed by atoms with E-state index in [-0.39, 0.29) is 40.3 Å². The minimum atomic E-state index is -0.728. The van der Waals surface area contributed by atoms with Crippen LogP contribution in [0.15, 0.2) is 97.5 Å². The van der Waals surface area contributed by atoms with Gasteiger partial charge in [-0.05, 0) is 39.7 Å². The summed E-state index contributed by atoms with van der Waals surface area (Å²) in [4.78, 5) is 53.2. The number of fused-ring (bicyclic) bond motifs is 3. The Morgan fingerprint density at radius 2 is 1.63 bits per heavy atom. The first-order chi connectivity index (χ1) is 16.9. The Labute approximate surface area is 206 Å². The molecule has 0 saturated carbocycles. The summed E-state index contributed by atoms with van der Waals surface area (Å²) in [5.41, 5.74) is 1.18. The Bertz CT molecular complexity index is 1650. The number of aromatic nitrogens is 3. The van der Waals surface area contributed by atoms with Gasteiger partial charge in [-0.3, -0.25) is 9.59 Å². The fraction of sp³-hybridized carbons (Fsp3) is 0.154. The van der Waals surface area contributed by atoms with Crippen molar-refractivity contribution in [3.8, 4) is 11.4 Å². The van der Waals surface area contributed by atoms with Gasteiger partial charge in [-0.25, -0.2) is 23.5 Å². The third-order valence-corrected chi connectivity index (χ3v) is 7.45. The number of rotatable bonds is 2. The van der Waals surface area contributed by atoms with E-state index in [4.69, 9.17) is 0 Å². The van der Waals surface area contributed by atoms with Crippen molar-refractivity contribution in [2.45, 2.75) is 24.9 Å². The lowest BCUT2D eigenvalue weighted by Crippen LogP contribution is -2.40. The third kappa shape index (κ3) is 3.04. The Hall–Kier alpha value is -3.98. The first-order valence-electron chi connectivity index (χ1n) is 11.1. The topological polar surface area (TPSA) is 103 Å². The average Bonchev–Trinajstić information content (AvgIpc) is 3.12. The molecule has 0 amide bonds. The lowest BCUT2D eigenvalue weighted by atomic mass is 9.68. The minimum Gasteiger partial charge on any atom is -0.508 e. The van der Waals surface area contributed by atoms with Crippen molar-refractivity contribution < 1.29 is 14.7 Å². The molecule has 2 aromatic carbocycles. The van der Waals surface area contributed by atoms with E-state index in [0.717, 1.165) is 4.57 Å². The number of halogens is 1. The second-order valence-electron chi connectivity index (χ2n) is 8.66. The number of carbonyl (C=O) groups excluding carboxylic acids is 2. The van der Waals surface area contributed by atoms with E-state index in [1.165, 1.54) is 21.5 Å². The number of phenols is 1. The highest BCUT2D eigenvalue weighted by molar-refractivity contribution is 9.12. The molecule has 3 aromatic rings. The van der Waals surface area contributed by atoms with Crippen LogP contribution in [0.25, 0.3) is 5.69 Å². The number of Topliss-reactive ketones (excluding diaryl/α,β-unsaturated/α-hetero) is 1. The first kappa shape index (κ1) is 21.5. The zero-order valence-electron chi connectivity index (χ0n) is 18.2. The zero-order valence-corrected chi connectivity index (χ0v) is 19.8. The summed E-state index contributed by atoms with van der Waals surface area (Å²) in [6.07, 6.45) is 3.16. The van der Waals surface area contributed by atoms with Gasteiger partial charge in [0.1, 0.15) is 5.75 Å². The highest BCUT2D eigenvalue weighted by atomic mass is 79.9. The zero-order chi connectivity index (χ0) is 24.4. The standard InChI is InChI=1S/C26H18BrN3O5/c27-18-13-21(32)23-17(24(18)33)12-19-15(22(23)16-8-4-5-9-20(16)31)10-11-28-25(34)29(26(35)30(19)28)14-6-2-1-3-7-14/h1-10,13,19,22,31H,11-12H2/t19-,22-/m1/s1. The van der Waals surface area contributed by atoms with Crippen LogP contribution >= 0.6 is 15.9 Å². The maximum Gasteiger partial charge on any atom is 0.352 e. The Balaban J connectivity index is 1.61. The van der Waals surface area contributed by atoms with Crippen LogP contribution in [-0.2, 0) is 16.1 Å². The maximum atomic E-state index is 13.6. The predicted octanol–water partition coefficient (Wildman–Crippen LogP) is 2.90. The van der Waals surface area contributed by atoms with Crippen LogP contribution in [-0.4, -0.2) is 30.6 Å². The fourth-order valence-corrected chi connectivity index (χ4v) is 5.81. The summed E-state index contributed by atoms with van der Waals surface area (Å²) in [5, 5.41) is 10.7. The SMILES string of the molecule is O=C1C=C(Br)C(=O)C2=C1[C@@H](c1ccccc1O)C1=CCn3c(=O)n(-c4ccccc4)c(=O)n3[C@@H]1C2. The maximum absolute atomic E-state index is 13.6. The number of para-hydroxylation sites is 2. The molecule has 35 heavy (non-hydrogen) atoms. The molecule has 0 fully saturated rings. The molecule has 8 nitrogen and oxygen atoms in total. The second-order valence-corrected chi connectivity index (χ2v) is 9.51. The summed E-state index contributed by atoms with van der Waals surface area (Å²) in [6, 6.07) is 14.6. The molecule has 9 heteroatoms. The highest BCUT2D eigenvalue weighted by Crippen LogP contribution is 2.51. The van der Waals surface area contributed by atoms with Crippen LogP contribution in [0.2, 0.25) is 0 Å². The van der Waals surface area contributed by atoms with Crippen molar-refractivity contribution in [3.63, 3.8) is 0 Å².